The number of fused-ring (bicyclic) bond motifs is 1. The Morgan fingerprint density at radius 3 is 2.68 bits per heavy atom. The molecule has 22 heavy (non-hydrogen) atoms. The fraction of sp³-hybridized carbons (Fsp3) is 0.611. The van der Waals surface area contributed by atoms with Crippen molar-refractivity contribution >= 4 is 5.71 Å². The van der Waals surface area contributed by atoms with Crippen LogP contribution in [0.4, 0.5) is 0 Å². The van der Waals surface area contributed by atoms with E-state index in [1.807, 2.05) is 13.0 Å². The van der Waals surface area contributed by atoms with E-state index in [4.69, 9.17) is 14.9 Å². The molecular formula is C18H28N2O2. The minimum Gasteiger partial charge on any atom is -0.498 e. The first-order valence-electron chi connectivity index (χ1n) is 7.87. The third-order valence-electron chi connectivity index (χ3n) is 5.34. The zero-order chi connectivity index (χ0) is 16.3. The standard InChI is InChI=1S/C18H28N2O2/c1-13(6-7-16(22-5)14(2)21-4)18-9-8-15(19)12-17(18)20(3)11-10-18/h6-7,17,19H,1,8-12H2,2-5H3/b7-6-,16-14-,19-15?/t17-,18-/m0/s1. The van der Waals surface area contributed by atoms with Crippen molar-refractivity contribution in [2.24, 2.45) is 5.41 Å². The van der Waals surface area contributed by atoms with Crippen molar-refractivity contribution in [1.29, 1.82) is 5.41 Å². The monoisotopic (exact) mass is 304 g/mol. The van der Waals surface area contributed by atoms with E-state index in [0.717, 1.165) is 55.0 Å². The van der Waals surface area contributed by atoms with Gasteiger partial charge in [0.15, 0.2) is 5.76 Å². The summed E-state index contributed by atoms with van der Waals surface area (Å²) in [4.78, 5) is 2.39. The van der Waals surface area contributed by atoms with Gasteiger partial charge in [0.2, 0.25) is 0 Å². The van der Waals surface area contributed by atoms with Crippen LogP contribution in [0.3, 0.4) is 0 Å². The molecule has 1 N–H and O–H groups in total. The molecule has 0 amide bonds. The zero-order valence-electron chi connectivity index (χ0n) is 14.2. The number of hydrogen-bond acceptors (Lipinski definition) is 4. The molecule has 0 spiro atoms. The van der Waals surface area contributed by atoms with E-state index in [2.05, 4.69) is 24.6 Å². The third-order valence-corrected chi connectivity index (χ3v) is 5.34. The molecule has 1 heterocycles. The molecule has 1 saturated heterocycles. The van der Waals surface area contributed by atoms with Crippen LogP contribution >= 0.6 is 0 Å². The summed E-state index contributed by atoms with van der Waals surface area (Å²) in [5.74, 6) is 1.49. The SMILES string of the molecule is C=C(/C=C\C(OC)=C(/C)OC)[C@@]12CCC(=N)C[C@@H]1N(C)CC2. The first kappa shape index (κ1) is 16.8. The van der Waals surface area contributed by atoms with Gasteiger partial charge in [0.1, 0.15) is 5.76 Å². The van der Waals surface area contributed by atoms with E-state index in [0.29, 0.717) is 6.04 Å². The van der Waals surface area contributed by atoms with Crippen LogP contribution < -0.4 is 0 Å². The van der Waals surface area contributed by atoms with Gasteiger partial charge in [-0.3, -0.25) is 0 Å². The highest BCUT2D eigenvalue weighted by Gasteiger charge is 2.49. The van der Waals surface area contributed by atoms with E-state index >= 15 is 0 Å². The maximum absolute atomic E-state index is 8.02. The van der Waals surface area contributed by atoms with Gasteiger partial charge in [-0.05, 0) is 51.4 Å². The Hall–Kier alpha value is -1.55. The van der Waals surface area contributed by atoms with Gasteiger partial charge in [0.05, 0.1) is 14.2 Å². The number of hydrogen-bond donors (Lipinski definition) is 1. The summed E-state index contributed by atoms with van der Waals surface area (Å²) in [5.41, 5.74) is 2.13. The molecule has 0 bridgehead atoms. The normalized spacial score (nSPS) is 30.2. The van der Waals surface area contributed by atoms with Gasteiger partial charge in [0.25, 0.3) is 0 Å². The molecule has 4 nitrogen and oxygen atoms in total. The minimum atomic E-state index is 0.107. The highest BCUT2D eigenvalue weighted by atomic mass is 16.5. The smallest absolute Gasteiger partial charge is 0.156 e. The fourth-order valence-corrected chi connectivity index (χ4v) is 3.78. The van der Waals surface area contributed by atoms with Crippen LogP contribution in [-0.4, -0.2) is 44.5 Å². The van der Waals surface area contributed by atoms with Crippen LogP contribution in [-0.2, 0) is 9.47 Å². The second-order valence-electron chi connectivity index (χ2n) is 6.40. The zero-order valence-corrected chi connectivity index (χ0v) is 14.2. The van der Waals surface area contributed by atoms with Crippen LogP contribution in [0.1, 0.15) is 32.6 Å². The lowest BCUT2D eigenvalue weighted by Crippen LogP contribution is -2.43. The summed E-state index contributed by atoms with van der Waals surface area (Å²) in [6, 6.07) is 0.407. The molecule has 2 aliphatic rings. The third kappa shape index (κ3) is 2.98. The lowest BCUT2D eigenvalue weighted by atomic mass is 9.65. The molecule has 0 aromatic heterocycles. The Morgan fingerprint density at radius 1 is 1.32 bits per heavy atom. The summed E-state index contributed by atoms with van der Waals surface area (Å²) in [7, 11) is 5.46. The van der Waals surface area contributed by atoms with Gasteiger partial charge in [0, 0.05) is 23.6 Å². The van der Waals surface area contributed by atoms with E-state index < -0.39 is 0 Å². The molecule has 0 radical (unpaired) electrons. The van der Waals surface area contributed by atoms with Gasteiger partial charge < -0.3 is 19.8 Å². The van der Waals surface area contributed by atoms with E-state index in [1.54, 1.807) is 14.2 Å². The highest BCUT2D eigenvalue weighted by molar-refractivity contribution is 5.83. The maximum Gasteiger partial charge on any atom is 0.156 e. The summed E-state index contributed by atoms with van der Waals surface area (Å²) in [5, 5.41) is 8.02. The molecule has 0 unspecified atom stereocenters. The predicted octanol–water partition coefficient (Wildman–Crippen LogP) is 3.52. The minimum absolute atomic E-state index is 0.107. The van der Waals surface area contributed by atoms with Crippen LogP contribution in [0.5, 0.6) is 0 Å². The number of methoxy groups -OCH3 is 2. The maximum atomic E-state index is 8.02. The van der Waals surface area contributed by atoms with Gasteiger partial charge in [-0.1, -0.05) is 12.7 Å². The van der Waals surface area contributed by atoms with Gasteiger partial charge >= 0.3 is 0 Å². The summed E-state index contributed by atoms with van der Waals surface area (Å²) >= 11 is 0. The first-order valence-corrected chi connectivity index (χ1v) is 7.87. The average Bonchev–Trinajstić information content (AvgIpc) is 2.85. The Bertz CT molecular complexity index is 521. The predicted molar refractivity (Wildman–Crippen MR) is 90.0 cm³/mol. The van der Waals surface area contributed by atoms with Crippen molar-refractivity contribution in [3.63, 3.8) is 0 Å². The fourth-order valence-electron chi connectivity index (χ4n) is 3.78. The van der Waals surface area contributed by atoms with E-state index in [-0.39, 0.29) is 5.41 Å². The van der Waals surface area contributed by atoms with Gasteiger partial charge in [-0.15, -0.1) is 0 Å². The summed E-state index contributed by atoms with van der Waals surface area (Å²) in [6.07, 6.45) is 7.93. The number of allylic oxidation sites excluding steroid dienone is 3. The van der Waals surface area contributed by atoms with Crippen molar-refractivity contribution in [3.8, 4) is 0 Å². The molecule has 2 fully saturated rings. The summed E-state index contributed by atoms with van der Waals surface area (Å²) in [6.45, 7) is 7.33. The first-order chi connectivity index (χ1) is 10.4. The molecule has 2 atom stereocenters. The molecule has 0 aromatic rings. The molecule has 1 aliphatic carbocycles. The van der Waals surface area contributed by atoms with Gasteiger partial charge in [-0.2, -0.15) is 0 Å². The van der Waals surface area contributed by atoms with E-state index in [9.17, 15) is 0 Å². The number of ether oxygens (including phenoxy) is 2. The van der Waals surface area contributed by atoms with Crippen molar-refractivity contribution in [3.05, 3.63) is 35.8 Å². The number of nitrogens with zero attached hydrogens (tertiary/aromatic N) is 1. The largest absolute Gasteiger partial charge is 0.498 e. The second-order valence-corrected chi connectivity index (χ2v) is 6.40. The molecule has 1 aliphatic heterocycles. The van der Waals surface area contributed by atoms with Crippen molar-refractivity contribution in [1.82, 2.24) is 4.90 Å². The lowest BCUT2D eigenvalue weighted by molar-refractivity contribution is 0.196. The van der Waals surface area contributed by atoms with Crippen LogP contribution in [0.2, 0.25) is 0 Å². The van der Waals surface area contributed by atoms with Crippen molar-refractivity contribution in [2.45, 2.75) is 38.6 Å². The van der Waals surface area contributed by atoms with Crippen LogP contribution in [0, 0.1) is 10.8 Å². The van der Waals surface area contributed by atoms with Crippen molar-refractivity contribution < 1.29 is 9.47 Å². The summed E-state index contributed by atoms with van der Waals surface area (Å²) < 4.78 is 10.6. The molecule has 1 saturated carbocycles. The molecular weight excluding hydrogens is 276 g/mol. The van der Waals surface area contributed by atoms with Crippen molar-refractivity contribution in [2.75, 3.05) is 27.8 Å². The van der Waals surface area contributed by atoms with Crippen LogP contribution in [0.15, 0.2) is 35.8 Å². The Balaban J connectivity index is 2.22. The topological polar surface area (TPSA) is 45.6 Å². The van der Waals surface area contributed by atoms with E-state index in [1.165, 1.54) is 0 Å². The molecule has 4 heteroatoms. The lowest BCUT2D eigenvalue weighted by Gasteiger charge is -2.42. The van der Waals surface area contributed by atoms with Gasteiger partial charge in [-0.25, -0.2) is 0 Å². The van der Waals surface area contributed by atoms with Crippen LogP contribution in [0.25, 0.3) is 0 Å². The second kappa shape index (κ2) is 6.69. The number of likely N-dealkylation sites (tertiary alicyclic amines) is 1. The highest BCUT2D eigenvalue weighted by Crippen LogP contribution is 2.50. The Kier molecular flexibility index (Phi) is 5.12. The number of nitrogens with one attached hydrogen (secondary N) is 1. The quantitative estimate of drug-likeness (QED) is 0.624. The molecule has 0 aromatic carbocycles. The Labute approximate surface area is 134 Å². The Morgan fingerprint density at radius 2 is 2.05 bits per heavy atom. The molecule has 2 rings (SSSR count). The number of rotatable bonds is 5. The average molecular weight is 304 g/mol. The molecule has 122 valence electrons.